The van der Waals surface area contributed by atoms with Crippen LogP contribution in [-0.2, 0) is 18.5 Å². The second kappa shape index (κ2) is 7.15. The Balaban J connectivity index is 1.59. The van der Waals surface area contributed by atoms with Gasteiger partial charge in [0.05, 0.1) is 11.4 Å². The molecule has 0 radical (unpaired) electrons. The summed E-state index contributed by atoms with van der Waals surface area (Å²) in [6.07, 6.45) is 6.40. The zero-order chi connectivity index (χ0) is 19.0. The third-order valence-corrected chi connectivity index (χ3v) is 5.35. The second-order valence-corrected chi connectivity index (χ2v) is 7.26. The molecule has 0 bridgehead atoms. The predicted molar refractivity (Wildman–Crippen MR) is 103 cm³/mol. The summed E-state index contributed by atoms with van der Waals surface area (Å²) in [5.41, 5.74) is 5.89. The maximum atomic E-state index is 12.2. The molecule has 1 aromatic carbocycles. The van der Waals surface area contributed by atoms with Crippen LogP contribution in [0.3, 0.4) is 0 Å². The molecule has 0 spiro atoms. The van der Waals surface area contributed by atoms with Crippen molar-refractivity contribution in [1.82, 2.24) is 19.8 Å². The molecule has 0 aliphatic heterocycles. The van der Waals surface area contributed by atoms with Crippen molar-refractivity contribution in [2.45, 2.75) is 39.2 Å². The molecule has 0 saturated heterocycles. The number of rotatable bonds is 4. The Morgan fingerprint density at radius 1 is 1.22 bits per heavy atom. The van der Waals surface area contributed by atoms with Gasteiger partial charge in [0.25, 0.3) is 0 Å². The number of aryl methyl sites for hydroxylation is 1. The van der Waals surface area contributed by atoms with E-state index in [2.05, 4.69) is 28.6 Å². The number of nitrogens with zero attached hydrogens (tertiary/aromatic N) is 5. The molecule has 1 aromatic heterocycles. The van der Waals surface area contributed by atoms with Crippen molar-refractivity contribution in [2.24, 2.45) is 12.2 Å². The van der Waals surface area contributed by atoms with Gasteiger partial charge in [0.15, 0.2) is 0 Å². The number of halogens is 1. The first kappa shape index (κ1) is 17.7. The Kier molecular flexibility index (Phi) is 4.70. The van der Waals surface area contributed by atoms with Crippen LogP contribution in [0, 0.1) is 0 Å². The summed E-state index contributed by atoms with van der Waals surface area (Å²) in [6.45, 7) is 2.29. The van der Waals surface area contributed by atoms with Gasteiger partial charge in [-0.25, -0.2) is 4.79 Å². The van der Waals surface area contributed by atoms with Crippen molar-refractivity contribution in [1.29, 1.82) is 0 Å². The highest BCUT2D eigenvalue weighted by Crippen LogP contribution is 2.34. The van der Waals surface area contributed by atoms with Gasteiger partial charge in [0.2, 0.25) is 0 Å². The number of hydrogen-bond donors (Lipinski definition) is 0. The van der Waals surface area contributed by atoms with Crippen LogP contribution in [-0.4, -0.2) is 25.5 Å². The quantitative estimate of drug-likeness (QED) is 0.756. The molecule has 0 fully saturated rings. The highest BCUT2D eigenvalue weighted by atomic mass is 35.5. The largest absolute Gasteiger partial charge is 0.391 e. The molecule has 4 rings (SSSR count). The Bertz CT molecular complexity index is 1040. The van der Waals surface area contributed by atoms with Gasteiger partial charge in [-0.1, -0.05) is 40.0 Å². The number of benzene rings is 1. The lowest BCUT2D eigenvalue weighted by molar-refractivity contribution is 0.130. The van der Waals surface area contributed by atoms with Crippen LogP contribution in [0.2, 0.25) is 5.02 Å². The minimum atomic E-state index is -0.349. The van der Waals surface area contributed by atoms with Crippen LogP contribution in [0.1, 0.15) is 38.2 Å². The van der Waals surface area contributed by atoms with Crippen molar-refractivity contribution in [3.05, 3.63) is 62.1 Å². The van der Waals surface area contributed by atoms with Crippen molar-refractivity contribution >= 4 is 17.3 Å². The summed E-state index contributed by atoms with van der Waals surface area (Å²) in [4.78, 5) is 17.8. The van der Waals surface area contributed by atoms with E-state index in [1.165, 1.54) is 21.4 Å². The first-order valence-electron chi connectivity index (χ1n) is 8.90. The summed E-state index contributed by atoms with van der Waals surface area (Å²) < 4.78 is 2.37. The smallest absolute Gasteiger partial charge is 0.368 e. The van der Waals surface area contributed by atoms with Gasteiger partial charge in [-0.15, -0.1) is 0 Å². The minimum absolute atomic E-state index is 0.146. The molecule has 27 heavy (non-hydrogen) atoms. The third kappa shape index (κ3) is 3.35. The van der Waals surface area contributed by atoms with E-state index >= 15 is 0 Å². The van der Waals surface area contributed by atoms with E-state index in [1.54, 1.807) is 25.2 Å². The normalized spacial score (nSPS) is 18.0. The number of allylic oxidation sites excluding steroid dienone is 4. The molecule has 0 atom stereocenters. The molecule has 0 saturated carbocycles. The average Bonchev–Trinajstić information content (AvgIpc) is 3.20. The lowest BCUT2D eigenvalue weighted by Crippen LogP contribution is -2.23. The number of aromatic nitrogens is 4. The minimum Gasteiger partial charge on any atom is -0.391 e. The molecule has 0 amide bonds. The van der Waals surface area contributed by atoms with Crippen LogP contribution in [0.15, 0.2) is 50.9 Å². The van der Waals surface area contributed by atoms with Gasteiger partial charge in [-0.2, -0.15) is 9.36 Å². The predicted octanol–water partition coefficient (Wildman–Crippen LogP) is 3.32. The lowest BCUT2D eigenvalue weighted by Gasteiger charge is -2.12. The molecular formula is C19H20ClN5O2. The summed E-state index contributed by atoms with van der Waals surface area (Å²) in [5, 5.41) is 12.5. The zero-order valence-electron chi connectivity index (χ0n) is 15.3. The topological polar surface area (TPSA) is 74.3 Å². The van der Waals surface area contributed by atoms with Gasteiger partial charge >= 0.3 is 5.69 Å². The fourth-order valence-electron chi connectivity index (χ4n) is 3.48. The van der Waals surface area contributed by atoms with E-state index in [4.69, 9.17) is 16.4 Å². The van der Waals surface area contributed by atoms with Crippen molar-refractivity contribution < 1.29 is 4.84 Å². The molecule has 0 N–H and O–H groups in total. The highest BCUT2D eigenvalue weighted by molar-refractivity contribution is 6.31. The van der Waals surface area contributed by atoms with E-state index in [9.17, 15) is 4.79 Å². The van der Waals surface area contributed by atoms with Gasteiger partial charge in [0.1, 0.15) is 6.61 Å². The van der Waals surface area contributed by atoms with Crippen LogP contribution in [0.5, 0.6) is 0 Å². The summed E-state index contributed by atoms with van der Waals surface area (Å²) >= 11 is 6.35. The van der Waals surface area contributed by atoms with E-state index in [1.807, 2.05) is 0 Å². The maximum Gasteiger partial charge on any atom is 0.368 e. The molecule has 7 nitrogen and oxygen atoms in total. The fourth-order valence-corrected chi connectivity index (χ4v) is 3.70. The van der Waals surface area contributed by atoms with E-state index in [-0.39, 0.29) is 12.3 Å². The molecule has 2 aliphatic carbocycles. The van der Waals surface area contributed by atoms with Crippen LogP contribution in [0.25, 0.3) is 5.69 Å². The Labute approximate surface area is 161 Å². The molecule has 0 unspecified atom stereocenters. The highest BCUT2D eigenvalue weighted by Gasteiger charge is 2.23. The standard InChI is InChI=1S/C19H20ClN5O2/c1-12-6-7-13-8-9-17(14(13)10-12)21-27-11-15-16(20)4-3-5-18(15)25-19(26)24(2)22-23-25/h3-5,10H,6-9,11H2,1-2H3/b21-17-. The SMILES string of the molecule is CC1=CC2=C(CC1)CC/C2=N/OCc1c(Cl)cccc1-n1nnn(C)c1=O. The molecule has 1 heterocycles. The lowest BCUT2D eigenvalue weighted by atomic mass is 9.95. The van der Waals surface area contributed by atoms with Gasteiger partial charge in [-0.05, 0) is 60.7 Å². The van der Waals surface area contributed by atoms with Crippen LogP contribution in [0.4, 0.5) is 0 Å². The van der Waals surface area contributed by atoms with E-state index in [0.717, 1.165) is 36.1 Å². The van der Waals surface area contributed by atoms with E-state index in [0.29, 0.717) is 16.3 Å². The first-order chi connectivity index (χ1) is 13.0. The van der Waals surface area contributed by atoms with Crippen molar-refractivity contribution in [3.63, 3.8) is 0 Å². The Morgan fingerprint density at radius 3 is 2.81 bits per heavy atom. The monoisotopic (exact) mass is 385 g/mol. The van der Waals surface area contributed by atoms with Gasteiger partial charge < -0.3 is 4.84 Å². The van der Waals surface area contributed by atoms with Crippen molar-refractivity contribution in [3.8, 4) is 5.69 Å². The molecule has 2 aliphatic rings. The van der Waals surface area contributed by atoms with Crippen LogP contribution >= 0.6 is 11.6 Å². The molecule has 2 aromatic rings. The Morgan fingerprint density at radius 2 is 2.04 bits per heavy atom. The van der Waals surface area contributed by atoms with Crippen molar-refractivity contribution in [2.75, 3.05) is 0 Å². The first-order valence-corrected chi connectivity index (χ1v) is 9.27. The molecular weight excluding hydrogens is 366 g/mol. The number of oxime groups is 1. The summed E-state index contributed by atoms with van der Waals surface area (Å²) in [6, 6.07) is 5.27. The maximum absolute atomic E-state index is 12.2. The average molecular weight is 386 g/mol. The van der Waals surface area contributed by atoms with Gasteiger partial charge in [-0.3, -0.25) is 0 Å². The fraction of sp³-hybridized carbons (Fsp3) is 0.368. The molecule has 8 heteroatoms. The van der Waals surface area contributed by atoms with Gasteiger partial charge in [0, 0.05) is 17.6 Å². The number of tetrazole rings is 1. The Hall–Kier alpha value is -2.67. The third-order valence-electron chi connectivity index (χ3n) is 4.99. The zero-order valence-corrected chi connectivity index (χ0v) is 16.0. The number of hydrogen-bond acceptors (Lipinski definition) is 5. The molecule has 140 valence electrons. The van der Waals surface area contributed by atoms with E-state index < -0.39 is 0 Å². The second-order valence-electron chi connectivity index (χ2n) is 6.85. The summed E-state index contributed by atoms with van der Waals surface area (Å²) in [5.74, 6) is 0. The summed E-state index contributed by atoms with van der Waals surface area (Å²) in [7, 11) is 1.55. The van der Waals surface area contributed by atoms with Crippen LogP contribution < -0.4 is 5.69 Å².